The molecule has 0 spiro atoms. The zero-order valence-electron chi connectivity index (χ0n) is 6.23. The van der Waals surface area contributed by atoms with E-state index in [1.54, 1.807) is 16.5 Å². The van der Waals surface area contributed by atoms with Crippen LogP contribution in [0.3, 0.4) is 0 Å². The summed E-state index contributed by atoms with van der Waals surface area (Å²) in [5.74, 6) is -0.400. The summed E-state index contributed by atoms with van der Waals surface area (Å²) in [6.07, 6.45) is 3.61. The van der Waals surface area contributed by atoms with Gasteiger partial charge in [-0.3, -0.25) is 4.79 Å². The van der Waals surface area contributed by atoms with Crippen molar-refractivity contribution in [3.8, 4) is 0 Å². The maximum atomic E-state index is 10.9. The molecule has 2 aliphatic heterocycles. The van der Waals surface area contributed by atoms with Gasteiger partial charge in [0, 0.05) is 18.2 Å². The SMILES string of the molecule is NC(=O)C1=CSC2=NC=CCN12. The van der Waals surface area contributed by atoms with E-state index in [0.717, 1.165) is 5.17 Å². The van der Waals surface area contributed by atoms with E-state index in [9.17, 15) is 4.79 Å². The third kappa shape index (κ3) is 1.02. The van der Waals surface area contributed by atoms with Crippen LogP contribution in [-0.2, 0) is 4.79 Å². The van der Waals surface area contributed by atoms with Crippen LogP contribution in [0.1, 0.15) is 0 Å². The van der Waals surface area contributed by atoms with Crippen LogP contribution < -0.4 is 5.73 Å². The second-order valence-electron chi connectivity index (χ2n) is 2.39. The lowest BCUT2D eigenvalue weighted by atomic mass is 10.4. The first-order chi connectivity index (χ1) is 5.79. The lowest BCUT2D eigenvalue weighted by molar-refractivity contribution is -0.115. The van der Waals surface area contributed by atoms with Crippen molar-refractivity contribution < 1.29 is 4.79 Å². The van der Waals surface area contributed by atoms with Gasteiger partial charge in [0.1, 0.15) is 5.70 Å². The second-order valence-corrected chi connectivity index (χ2v) is 3.23. The standard InChI is InChI=1S/C7H7N3OS/c8-6(11)5-4-12-7-9-2-1-3-10(5)7/h1-2,4H,3H2,(H2,8,11). The maximum absolute atomic E-state index is 10.9. The first-order valence-electron chi connectivity index (χ1n) is 3.46. The number of thioether (sulfide) groups is 1. The summed E-state index contributed by atoms with van der Waals surface area (Å²) in [6.45, 7) is 0.681. The van der Waals surface area contributed by atoms with E-state index in [0.29, 0.717) is 12.2 Å². The minimum atomic E-state index is -0.400. The average molecular weight is 181 g/mol. The molecule has 0 saturated carbocycles. The van der Waals surface area contributed by atoms with E-state index >= 15 is 0 Å². The van der Waals surface area contributed by atoms with Crippen molar-refractivity contribution in [1.29, 1.82) is 0 Å². The van der Waals surface area contributed by atoms with E-state index in [2.05, 4.69) is 4.99 Å². The van der Waals surface area contributed by atoms with E-state index in [1.165, 1.54) is 11.8 Å². The third-order valence-electron chi connectivity index (χ3n) is 1.63. The first-order valence-corrected chi connectivity index (χ1v) is 4.34. The topological polar surface area (TPSA) is 58.7 Å². The molecule has 0 unspecified atom stereocenters. The zero-order chi connectivity index (χ0) is 8.55. The Bertz CT molecular complexity index is 319. The fraction of sp³-hybridized carbons (Fsp3) is 0.143. The normalized spacial score (nSPS) is 20.2. The fourth-order valence-corrected chi connectivity index (χ4v) is 1.96. The molecule has 1 amide bonds. The van der Waals surface area contributed by atoms with Crippen molar-refractivity contribution in [3.05, 3.63) is 23.4 Å². The second kappa shape index (κ2) is 2.67. The Morgan fingerprint density at radius 1 is 1.75 bits per heavy atom. The van der Waals surface area contributed by atoms with Gasteiger partial charge in [-0.1, -0.05) is 11.8 Å². The number of amides is 1. The molecule has 0 aliphatic carbocycles. The number of rotatable bonds is 1. The summed E-state index contributed by atoms with van der Waals surface area (Å²) >= 11 is 1.42. The van der Waals surface area contributed by atoms with Crippen LogP contribution in [0.25, 0.3) is 0 Å². The minimum Gasteiger partial charge on any atom is -0.364 e. The predicted molar refractivity (Wildman–Crippen MR) is 48.1 cm³/mol. The lowest BCUT2D eigenvalue weighted by Gasteiger charge is -2.20. The largest absolute Gasteiger partial charge is 0.364 e. The van der Waals surface area contributed by atoms with Crippen molar-refractivity contribution in [1.82, 2.24) is 4.90 Å². The first kappa shape index (κ1) is 7.42. The van der Waals surface area contributed by atoms with Crippen LogP contribution in [0.4, 0.5) is 0 Å². The highest BCUT2D eigenvalue weighted by Crippen LogP contribution is 2.27. The predicted octanol–water partition coefficient (Wildman–Crippen LogP) is 0.245. The summed E-state index contributed by atoms with van der Waals surface area (Å²) < 4.78 is 0. The Balaban J connectivity index is 2.28. The van der Waals surface area contributed by atoms with Gasteiger partial charge in [-0.25, -0.2) is 4.99 Å². The zero-order valence-corrected chi connectivity index (χ0v) is 7.04. The van der Waals surface area contributed by atoms with Gasteiger partial charge in [0.15, 0.2) is 5.17 Å². The van der Waals surface area contributed by atoms with Crippen molar-refractivity contribution in [2.75, 3.05) is 6.54 Å². The number of aliphatic imine (C=N–C) groups is 1. The highest BCUT2D eigenvalue weighted by molar-refractivity contribution is 8.16. The number of fused-ring (bicyclic) bond motifs is 1. The van der Waals surface area contributed by atoms with E-state index in [4.69, 9.17) is 5.73 Å². The van der Waals surface area contributed by atoms with E-state index < -0.39 is 5.91 Å². The smallest absolute Gasteiger partial charge is 0.265 e. The number of carbonyl (C=O) groups is 1. The Morgan fingerprint density at radius 2 is 2.58 bits per heavy atom. The molecule has 0 aromatic rings. The average Bonchev–Trinajstić information content (AvgIpc) is 2.47. The van der Waals surface area contributed by atoms with Gasteiger partial charge < -0.3 is 10.6 Å². The Morgan fingerprint density at radius 3 is 3.33 bits per heavy atom. The summed E-state index contributed by atoms with van der Waals surface area (Å²) in [6, 6.07) is 0. The number of primary amides is 1. The third-order valence-corrected chi connectivity index (χ3v) is 2.51. The molecule has 62 valence electrons. The maximum Gasteiger partial charge on any atom is 0.265 e. The van der Waals surface area contributed by atoms with Gasteiger partial charge in [-0.15, -0.1) is 0 Å². The van der Waals surface area contributed by atoms with Crippen LogP contribution in [0.5, 0.6) is 0 Å². The number of hydrogen-bond donors (Lipinski definition) is 1. The van der Waals surface area contributed by atoms with Crippen LogP contribution in [0, 0.1) is 0 Å². The lowest BCUT2D eigenvalue weighted by Crippen LogP contribution is -2.32. The van der Waals surface area contributed by atoms with Crippen molar-refractivity contribution in [2.24, 2.45) is 10.7 Å². The summed E-state index contributed by atoms with van der Waals surface area (Å²) in [4.78, 5) is 16.8. The molecule has 2 aliphatic rings. The Labute approximate surface area is 73.8 Å². The number of hydrogen-bond acceptors (Lipinski definition) is 4. The van der Waals surface area contributed by atoms with Crippen LogP contribution in [-0.4, -0.2) is 22.5 Å². The summed E-state index contributed by atoms with van der Waals surface area (Å²) in [5.41, 5.74) is 5.69. The van der Waals surface area contributed by atoms with E-state index in [1.807, 2.05) is 6.08 Å². The van der Waals surface area contributed by atoms with Gasteiger partial charge >= 0.3 is 0 Å². The molecule has 0 fully saturated rings. The van der Waals surface area contributed by atoms with Crippen molar-refractivity contribution >= 4 is 22.8 Å². The van der Waals surface area contributed by atoms with Gasteiger partial charge in [-0.05, 0) is 6.08 Å². The summed E-state index contributed by atoms with van der Waals surface area (Å²) in [7, 11) is 0. The molecule has 0 atom stereocenters. The van der Waals surface area contributed by atoms with Crippen molar-refractivity contribution in [2.45, 2.75) is 0 Å². The highest BCUT2D eigenvalue weighted by Gasteiger charge is 2.26. The van der Waals surface area contributed by atoms with Gasteiger partial charge in [-0.2, -0.15) is 0 Å². The van der Waals surface area contributed by atoms with Gasteiger partial charge in [0.2, 0.25) is 0 Å². The molecule has 2 heterocycles. The number of carbonyl (C=O) groups excluding carboxylic acids is 1. The van der Waals surface area contributed by atoms with Crippen LogP contribution >= 0.6 is 11.8 Å². The molecule has 0 aromatic carbocycles. The highest BCUT2D eigenvalue weighted by atomic mass is 32.2. The summed E-state index contributed by atoms with van der Waals surface area (Å²) in [5, 5.41) is 2.56. The van der Waals surface area contributed by atoms with Crippen LogP contribution in [0.15, 0.2) is 28.4 Å². The van der Waals surface area contributed by atoms with Gasteiger partial charge in [0.05, 0.1) is 0 Å². The number of nitrogens with two attached hydrogens (primary N) is 1. The molecule has 2 rings (SSSR count). The molecule has 0 bridgehead atoms. The Kier molecular flexibility index (Phi) is 1.65. The minimum absolute atomic E-state index is 0.400. The fourth-order valence-electron chi connectivity index (χ4n) is 1.08. The Hall–Kier alpha value is -1.23. The molecule has 0 aromatic heterocycles. The molecule has 12 heavy (non-hydrogen) atoms. The van der Waals surface area contributed by atoms with Crippen molar-refractivity contribution in [3.63, 3.8) is 0 Å². The van der Waals surface area contributed by atoms with E-state index in [-0.39, 0.29) is 0 Å². The molecular formula is C7H7N3OS. The number of amidine groups is 1. The monoisotopic (exact) mass is 181 g/mol. The quantitative estimate of drug-likeness (QED) is 0.630. The van der Waals surface area contributed by atoms with Crippen LogP contribution in [0.2, 0.25) is 0 Å². The molecule has 5 heteroatoms. The van der Waals surface area contributed by atoms with Gasteiger partial charge in [0.25, 0.3) is 5.91 Å². The molecular weight excluding hydrogens is 174 g/mol. The molecule has 0 saturated heterocycles. The number of nitrogens with zero attached hydrogens (tertiary/aromatic N) is 2. The molecule has 4 nitrogen and oxygen atoms in total. The molecule has 0 radical (unpaired) electrons. The molecule has 2 N–H and O–H groups in total.